The Kier molecular flexibility index (Phi) is 4.62. The Labute approximate surface area is 111 Å². The van der Waals surface area contributed by atoms with Crippen molar-refractivity contribution in [2.75, 3.05) is 6.61 Å². The Balaban J connectivity index is 3.35. The van der Waals surface area contributed by atoms with Crippen molar-refractivity contribution in [2.45, 2.75) is 13.3 Å². The zero-order chi connectivity index (χ0) is 14.6. The van der Waals surface area contributed by atoms with E-state index < -0.39 is 28.7 Å². The summed E-state index contributed by atoms with van der Waals surface area (Å²) in [7, 11) is 0. The van der Waals surface area contributed by atoms with Crippen molar-refractivity contribution in [1.82, 2.24) is 0 Å². The lowest BCUT2D eigenvalue weighted by atomic mass is 10.1. The van der Waals surface area contributed by atoms with Gasteiger partial charge in [-0.15, -0.1) is 13.2 Å². The Morgan fingerprint density at radius 1 is 1.47 bits per heavy atom. The van der Waals surface area contributed by atoms with Gasteiger partial charge >= 0.3 is 12.3 Å². The third-order valence-electron chi connectivity index (χ3n) is 1.93. The lowest BCUT2D eigenvalue weighted by Crippen LogP contribution is -2.20. The highest BCUT2D eigenvalue weighted by molar-refractivity contribution is 6.33. The van der Waals surface area contributed by atoms with Gasteiger partial charge in [-0.1, -0.05) is 11.6 Å². The molecule has 0 saturated heterocycles. The molecule has 0 bridgehead atoms. The monoisotopic (exact) mass is 293 g/mol. The van der Waals surface area contributed by atoms with Crippen LogP contribution in [0.4, 0.5) is 13.2 Å². The summed E-state index contributed by atoms with van der Waals surface area (Å²) in [5, 5.41) is 8.09. The SMILES string of the molecule is CCOC(=O)c1ccc(C#N)c(Cl)c1OC(F)(F)F. The standard InChI is InChI=1S/C11H7ClF3NO3/c1-2-18-10(17)7-4-3-6(5-16)8(12)9(7)19-11(13,14)15/h3-4H,2H2,1H3. The summed E-state index contributed by atoms with van der Waals surface area (Å²) in [6.07, 6.45) is -5.04. The third kappa shape index (κ3) is 3.76. The quantitative estimate of drug-likeness (QED) is 0.802. The number of hydrogen-bond acceptors (Lipinski definition) is 4. The van der Waals surface area contributed by atoms with E-state index in [1.54, 1.807) is 6.07 Å². The van der Waals surface area contributed by atoms with Crippen LogP contribution in [0.5, 0.6) is 5.75 Å². The molecule has 0 fully saturated rings. The number of benzene rings is 1. The van der Waals surface area contributed by atoms with Crippen LogP contribution in [0.15, 0.2) is 12.1 Å². The normalized spacial score (nSPS) is 10.7. The number of carbonyl (C=O) groups excluding carboxylic acids is 1. The molecule has 102 valence electrons. The van der Waals surface area contributed by atoms with Gasteiger partial charge in [0.25, 0.3) is 0 Å². The Morgan fingerprint density at radius 3 is 2.58 bits per heavy atom. The molecule has 0 radical (unpaired) electrons. The van der Waals surface area contributed by atoms with E-state index in [0.29, 0.717) is 0 Å². The third-order valence-corrected chi connectivity index (χ3v) is 2.31. The molecule has 8 heteroatoms. The fourth-order valence-electron chi connectivity index (χ4n) is 1.23. The Bertz CT molecular complexity index is 537. The summed E-state index contributed by atoms with van der Waals surface area (Å²) in [4.78, 5) is 11.5. The molecule has 0 aliphatic carbocycles. The van der Waals surface area contributed by atoms with Crippen molar-refractivity contribution in [3.8, 4) is 11.8 Å². The topological polar surface area (TPSA) is 59.3 Å². The van der Waals surface area contributed by atoms with Crippen LogP contribution in [0.1, 0.15) is 22.8 Å². The van der Waals surface area contributed by atoms with Crippen molar-refractivity contribution < 1.29 is 27.4 Å². The summed E-state index contributed by atoms with van der Waals surface area (Å²) < 4.78 is 45.1. The zero-order valence-electron chi connectivity index (χ0n) is 9.55. The Hall–Kier alpha value is -1.94. The van der Waals surface area contributed by atoms with Gasteiger partial charge in [-0.25, -0.2) is 4.79 Å². The summed E-state index contributed by atoms with van der Waals surface area (Å²) in [6.45, 7) is 1.47. The number of carbonyl (C=O) groups is 1. The average Bonchev–Trinajstić information content (AvgIpc) is 2.30. The van der Waals surface area contributed by atoms with Gasteiger partial charge in [-0.3, -0.25) is 0 Å². The molecule has 4 nitrogen and oxygen atoms in total. The van der Waals surface area contributed by atoms with E-state index in [2.05, 4.69) is 9.47 Å². The average molecular weight is 294 g/mol. The summed E-state index contributed by atoms with van der Waals surface area (Å²) in [5.41, 5.74) is -0.739. The predicted molar refractivity (Wildman–Crippen MR) is 58.8 cm³/mol. The largest absolute Gasteiger partial charge is 0.573 e. The first-order valence-electron chi connectivity index (χ1n) is 4.95. The van der Waals surface area contributed by atoms with Crippen molar-refractivity contribution in [2.24, 2.45) is 0 Å². The first kappa shape index (κ1) is 15.1. The number of ether oxygens (including phenoxy) is 2. The van der Waals surface area contributed by atoms with E-state index in [4.69, 9.17) is 16.9 Å². The smallest absolute Gasteiger partial charge is 0.462 e. The van der Waals surface area contributed by atoms with Crippen LogP contribution in [0, 0.1) is 11.3 Å². The maximum Gasteiger partial charge on any atom is 0.573 e. The van der Waals surface area contributed by atoms with Crippen LogP contribution in [0.25, 0.3) is 0 Å². The summed E-state index contributed by atoms with van der Waals surface area (Å²) in [5.74, 6) is -1.96. The molecule has 0 aromatic heterocycles. The molecule has 0 atom stereocenters. The van der Waals surface area contributed by atoms with Crippen LogP contribution < -0.4 is 4.74 Å². The molecule has 1 aromatic rings. The first-order chi connectivity index (χ1) is 8.80. The molecular weight excluding hydrogens is 287 g/mol. The van der Waals surface area contributed by atoms with E-state index in [-0.39, 0.29) is 12.2 Å². The van der Waals surface area contributed by atoms with E-state index in [1.165, 1.54) is 6.92 Å². The van der Waals surface area contributed by atoms with Crippen LogP contribution in [0.3, 0.4) is 0 Å². The highest BCUT2D eigenvalue weighted by Gasteiger charge is 2.35. The minimum atomic E-state index is -5.04. The second kappa shape index (κ2) is 5.80. The number of halogens is 4. The minimum Gasteiger partial charge on any atom is -0.462 e. The lowest BCUT2D eigenvalue weighted by Gasteiger charge is -2.14. The molecule has 0 heterocycles. The number of nitriles is 1. The molecule has 19 heavy (non-hydrogen) atoms. The second-order valence-electron chi connectivity index (χ2n) is 3.18. The van der Waals surface area contributed by atoms with E-state index in [1.807, 2.05) is 0 Å². The molecule has 0 spiro atoms. The number of esters is 1. The van der Waals surface area contributed by atoms with Gasteiger partial charge < -0.3 is 9.47 Å². The van der Waals surface area contributed by atoms with E-state index in [9.17, 15) is 18.0 Å². The van der Waals surface area contributed by atoms with Gasteiger partial charge in [0, 0.05) is 0 Å². The van der Waals surface area contributed by atoms with Crippen molar-refractivity contribution in [1.29, 1.82) is 5.26 Å². The molecular formula is C11H7ClF3NO3. The number of rotatable bonds is 3. The van der Waals surface area contributed by atoms with Crippen molar-refractivity contribution >= 4 is 17.6 Å². The fraction of sp³-hybridized carbons (Fsp3) is 0.273. The fourth-order valence-corrected chi connectivity index (χ4v) is 1.47. The van der Waals surface area contributed by atoms with Gasteiger partial charge in [0.05, 0.1) is 12.2 Å². The second-order valence-corrected chi connectivity index (χ2v) is 3.56. The molecule has 1 rings (SSSR count). The maximum absolute atomic E-state index is 12.3. The van der Waals surface area contributed by atoms with Crippen LogP contribution in [0.2, 0.25) is 5.02 Å². The van der Waals surface area contributed by atoms with Gasteiger partial charge in [0.1, 0.15) is 16.7 Å². The van der Waals surface area contributed by atoms with Gasteiger partial charge in [-0.05, 0) is 19.1 Å². The van der Waals surface area contributed by atoms with Crippen LogP contribution in [-0.4, -0.2) is 18.9 Å². The number of hydrogen-bond donors (Lipinski definition) is 0. The molecule has 0 N–H and O–H groups in total. The summed E-state index contributed by atoms with van der Waals surface area (Å²) >= 11 is 5.61. The van der Waals surface area contributed by atoms with Gasteiger partial charge in [0.2, 0.25) is 0 Å². The molecule has 0 aliphatic heterocycles. The highest BCUT2D eigenvalue weighted by Crippen LogP contribution is 2.36. The van der Waals surface area contributed by atoms with Crippen LogP contribution in [-0.2, 0) is 4.74 Å². The molecule has 0 amide bonds. The number of nitrogens with zero attached hydrogens (tertiary/aromatic N) is 1. The summed E-state index contributed by atoms with van der Waals surface area (Å²) in [6, 6.07) is 3.69. The van der Waals surface area contributed by atoms with Gasteiger partial charge in [-0.2, -0.15) is 5.26 Å². The predicted octanol–water partition coefficient (Wildman–Crippen LogP) is 3.29. The molecule has 0 unspecified atom stereocenters. The Morgan fingerprint density at radius 2 is 2.11 bits per heavy atom. The van der Waals surface area contributed by atoms with Crippen molar-refractivity contribution in [3.05, 3.63) is 28.3 Å². The molecule has 0 saturated carbocycles. The van der Waals surface area contributed by atoms with E-state index >= 15 is 0 Å². The molecule has 0 aliphatic rings. The van der Waals surface area contributed by atoms with Crippen molar-refractivity contribution in [3.63, 3.8) is 0 Å². The first-order valence-corrected chi connectivity index (χ1v) is 5.33. The number of alkyl halides is 3. The zero-order valence-corrected chi connectivity index (χ0v) is 10.3. The minimum absolute atomic E-state index is 0.0259. The lowest BCUT2D eigenvalue weighted by molar-refractivity contribution is -0.274. The maximum atomic E-state index is 12.3. The highest BCUT2D eigenvalue weighted by atomic mass is 35.5. The van der Waals surface area contributed by atoms with Gasteiger partial charge in [0.15, 0.2) is 5.75 Å². The van der Waals surface area contributed by atoms with E-state index in [0.717, 1.165) is 12.1 Å². The van der Waals surface area contributed by atoms with Crippen LogP contribution >= 0.6 is 11.6 Å². The molecule has 1 aromatic carbocycles.